The SMILES string of the molecule is N#CC1C(=O)NC(Nc2ccncc2)=C(C(=O)Nc2ccncc2)C1c1ccccc1. The zero-order valence-corrected chi connectivity index (χ0v) is 16.3. The molecule has 0 fully saturated rings. The van der Waals surface area contributed by atoms with E-state index in [1.165, 1.54) is 0 Å². The van der Waals surface area contributed by atoms with E-state index < -0.39 is 23.7 Å². The third-order valence-electron chi connectivity index (χ3n) is 4.87. The van der Waals surface area contributed by atoms with Gasteiger partial charge in [-0.2, -0.15) is 5.26 Å². The first kappa shape index (κ1) is 19.8. The molecule has 0 saturated heterocycles. The Bertz CT molecular complexity index is 1160. The lowest BCUT2D eigenvalue weighted by Gasteiger charge is -2.32. The predicted octanol–water partition coefficient (Wildman–Crippen LogP) is 2.79. The molecule has 0 aliphatic carbocycles. The molecule has 152 valence electrons. The lowest BCUT2D eigenvalue weighted by molar-refractivity contribution is -0.123. The fourth-order valence-electron chi connectivity index (χ4n) is 3.46. The molecule has 1 aliphatic rings. The van der Waals surface area contributed by atoms with E-state index in [2.05, 4.69) is 32.0 Å². The van der Waals surface area contributed by atoms with Crippen LogP contribution in [0.2, 0.25) is 0 Å². The van der Waals surface area contributed by atoms with Gasteiger partial charge in [0.25, 0.3) is 5.91 Å². The van der Waals surface area contributed by atoms with Crippen LogP contribution in [0.3, 0.4) is 0 Å². The zero-order valence-electron chi connectivity index (χ0n) is 16.3. The average Bonchev–Trinajstić information content (AvgIpc) is 2.80. The second-order valence-corrected chi connectivity index (χ2v) is 6.82. The van der Waals surface area contributed by atoms with Gasteiger partial charge < -0.3 is 16.0 Å². The van der Waals surface area contributed by atoms with Crippen LogP contribution in [-0.2, 0) is 9.59 Å². The predicted molar refractivity (Wildman–Crippen MR) is 114 cm³/mol. The standard InChI is InChI=1S/C23H18N6O2/c24-14-18-19(15-4-2-1-3-5-15)20(23(31)28-17-8-12-26-13-9-17)21(29-22(18)30)27-16-6-10-25-11-7-16/h1-13,18-19H,(H,25,27)(H,29,30)(H,26,28,31). The van der Waals surface area contributed by atoms with Crippen molar-refractivity contribution in [1.29, 1.82) is 5.26 Å². The molecule has 1 aliphatic heterocycles. The minimum Gasteiger partial charge on any atom is -0.341 e. The maximum Gasteiger partial charge on any atom is 0.255 e. The summed E-state index contributed by atoms with van der Waals surface area (Å²) in [6.45, 7) is 0. The minimum atomic E-state index is -1.07. The van der Waals surface area contributed by atoms with Crippen LogP contribution < -0.4 is 16.0 Å². The van der Waals surface area contributed by atoms with E-state index in [4.69, 9.17) is 0 Å². The Morgan fingerprint density at radius 1 is 0.935 bits per heavy atom. The van der Waals surface area contributed by atoms with Gasteiger partial charge >= 0.3 is 0 Å². The van der Waals surface area contributed by atoms with E-state index in [1.54, 1.807) is 61.2 Å². The molecule has 8 nitrogen and oxygen atoms in total. The van der Waals surface area contributed by atoms with Gasteiger partial charge in [-0.3, -0.25) is 19.6 Å². The summed E-state index contributed by atoms with van der Waals surface area (Å²) < 4.78 is 0. The van der Waals surface area contributed by atoms with Gasteiger partial charge in [-0.25, -0.2) is 0 Å². The first-order valence-corrected chi connectivity index (χ1v) is 9.55. The number of amides is 2. The molecule has 1 aromatic carbocycles. The van der Waals surface area contributed by atoms with Gasteiger partial charge in [-0.15, -0.1) is 0 Å². The Labute approximate surface area is 178 Å². The molecule has 8 heteroatoms. The molecule has 2 aromatic heterocycles. The summed E-state index contributed by atoms with van der Waals surface area (Å²) in [6.07, 6.45) is 6.32. The minimum absolute atomic E-state index is 0.225. The van der Waals surface area contributed by atoms with E-state index >= 15 is 0 Å². The molecule has 0 radical (unpaired) electrons. The van der Waals surface area contributed by atoms with E-state index in [0.29, 0.717) is 16.9 Å². The largest absolute Gasteiger partial charge is 0.341 e. The Hall–Kier alpha value is -4.51. The molecular formula is C23H18N6O2. The summed E-state index contributed by atoms with van der Waals surface area (Å²) in [5.41, 5.74) is 2.14. The second kappa shape index (κ2) is 8.88. The van der Waals surface area contributed by atoms with Gasteiger partial charge in [0.15, 0.2) is 0 Å². The highest BCUT2D eigenvalue weighted by Gasteiger charge is 2.42. The molecule has 0 bridgehead atoms. The van der Waals surface area contributed by atoms with Crippen LogP contribution in [0.15, 0.2) is 90.8 Å². The molecule has 3 aromatic rings. The summed E-state index contributed by atoms with van der Waals surface area (Å²) in [5.74, 6) is -2.51. The van der Waals surface area contributed by atoms with Crippen LogP contribution in [-0.4, -0.2) is 21.8 Å². The molecule has 2 amide bonds. The summed E-state index contributed by atoms with van der Waals surface area (Å²) >= 11 is 0. The van der Waals surface area contributed by atoms with Crippen molar-refractivity contribution in [1.82, 2.24) is 15.3 Å². The van der Waals surface area contributed by atoms with E-state index in [0.717, 1.165) is 0 Å². The van der Waals surface area contributed by atoms with Crippen LogP contribution in [0.4, 0.5) is 11.4 Å². The van der Waals surface area contributed by atoms with Crippen LogP contribution >= 0.6 is 0 Å². The number of nitrogens with zero attached hydrogens (tertiary/aromatic N) is 3. The number of carbonyl (C=O) groups excluding carboxylic acids is 2. The van der Waals surface area contributed by atoms with Crippen LogP contribution in [0, 0.1) is 17.2 Å². The number of nitriles is 1. The van der Waals surface area contributed by atoms with Gasteiger partial charge in [0.05, 0.1) is 11.6 Å². The number of hydrogen-bond acceptors (Lipinski definition) is 6. The van der Waals surface area contributed by atoms with Gasteiger partial charge in [0, 0.05) is 42.1 Å². The van der Waals surface area contributed by atoms with Crippen molar-refractivity contribution in [2.45, 2.75) is 5.92 Å². The van der Waals surface area contributed by atoms with Crippen molar-refractivity contribution in [2.75, 3.05) is 10.6 Å². The highest BCUT2D eigenvalue weighted by atomic mass is 16.2. The maximum absolute atomic E-state index is 13.4. The van der Waals surface area contributed by atoms with Crippen LogP contribution in [0.1, 0.15) is 11.5 Å². The first-order chi connectivity index (χ1) is 15.2. The molecule has 3 N–H and O–H groups in total. The summed E-state index contributed by atoms with van der Waals surface area (Å²) in [4.78, 5) is 34.1. The molecule has 31 heavy (non-hydrogen) atoms. The van der Waals surface area contributed by atoms with Gasteiger partial charge in [0.1, 0.15) is 11.7 Å². The Balaban J connectivity index is 1.84. The topological polar surface area (TPSA) is 120 Å². The summed E-state index contributed by atoms with van der Waals surface area (Å²) in [6, 6.07) is 17.9. The van der Waals surface area contributed by atoms with Crippen molar-refractivity contribution in [3.05, 3.63) is 96.3 Å². The quantitative estimate of drug-likeness (QED) is 0.595. The van der Waals surface area contributed by atoms with Crippen LogP contribution in [0.25, 0.3) is 0 Å². The average molecular weight is 410 g/mol. The first-order valence-electron chi connectivity index (χ1n) is 9.55. The Morgan fingerprint density at radius 2 is 1.55 bits per heavy atom. The summed E-state index contributed by atoms with van der Waals surface area (Å²) in [7, 11) is 0. The highest BCUT2D eigenvalue weighted by molar-refractivity contribution is 6.08. The summed E-state index contributed by atoms with van der Waals surface area (Å²) in [5, 5.41) is 18.4. The van der Waals surface area contributed by atoms with Crippen molar-refractivity contribution in [3.63, 3.8) is 0 Å². The van der Waals surface area contributed by atoms with E-state index in [1.807, 2.05) is 18.2 Å². The fourth-order valence-corrected chi connectivity index (χ4v) is 3.46. The van der Waals surface area contributed by atoms with Crippen molar-refractivity contribution in [2.24, 2.45) is 5.92 Å². The van der Waals surface area contributed by atoms with E-state index in [9.17, 15) is 14.9 Å². The van der Waals surface area contributed by atoms with E-state index in [-0.39, 0.29) is 11.4 Å². The van der Waals surface area contributed by atoms with Gasteiger partial charge in [-0.05, 0) is 29.8 Å². The number of hydrogen-bond donors (Lipinski definition) is 3. The number of carbonyl (C=O) groups is 2. The molecule has 0 spiro atoms. The van der Waals surface area contributed by atoms with Crippen molar-refractivity contribution >= 4 is 23.2 Å². The lowest BCUT2D eigenvalue weighted by atomic mass is 9.78. The third-order valence-corrected chi connectivity index (χ3v) is 4.87. The number of anilines is 2. The normalized spacial score (nSPS) is 18.0. The maximum atomic E-state index is 13.4. The number of pyridine rings is 2. The fraction of sp³-hybridized carbons (Fsp3) is 0.0870. The molecule has 4 rings (SSSR count). The molecule has 0 saturated carbocycles. The highest BCUT2D eigenvalue weighted by Crippen LogP contribution is 2.37. The molecule has 2 atom stereocenters. The van der Waals surface area contributed by atoms with Crippen LogP contribution in [0.5, 0.6) is 0 Å². The van der Waals surface area contributed by atoms with Gasteiger partial charge in [0.2, 0.25) is 5.91 Å². The lowest BCUT2D eigenvalue weighted by Crippen LogP contribution is -2.44. The number of aromatic nitrogens is 2. The Morgan fingerprint density at radius 3 is 2.16 bits per heavy atom. The molecule has 3 heterocycles. The van der Waals surface area contributed by atoms with Crippen molar-refractivity contribution in [3.8, 4) is 6.07 Å². The number of nitrogens with one attached hydrogen (secondary N) is 3. The van der Waals surface area contributed by atoms with Gasteiger partial charge in [-0.1, -0.05) is 30.3 Å². The molecule has 2 unspecified atom stereocenters. The van der Waals surface area contributed by atoms with Crippen molar-refractivity contribution < 1.29 is 9.59 Å². The number of rotatable bonds is 5. The second-order valence-electron chi connectivity index (χ2n) is 6.82. The smallest absolute Gasteiger partial charge is 0.255 e. The molecular weight excluding hydrogens is 392 g/mol. The monoisotopic (exact) mass is 410 g/mol. The zero-order chi connectivity index (χ0) is 21.6. The number of benzene rings is 1. The Kier molecular flexibility index (Phi) is 5.67. The third kappa shape index (κ3) is 4.26.